The quantitative estimate of drug-likeness (QED) is 0.780. The Balaban J connectivity index is 1.70. The van der Waals surface area contributed by atoms with Gasteiger partial charge in [0.25, 0.3) is 0 Å². The van der Waals surface area contributed by atoms with Crippen LogP contribution in [0.3, 0.4) is 0 Å². The topological polar surface area (TPSA) is 61.4 Å². The average molecular weight is 267 g/mol. The fourth-order valence-corrected chi connectivity index (χ4v) is 2.89. The summed E-state index contributed by atoms with van der Waals surface area (Å²) in [5, 5.41) is 5.79. The van der Waals surface area contributed by atoms with E-state index in [0.717, 1.165) is 32.5 Å². The second kappa shape index (κ2) is 6.37. The Morgan fingerprint density at radius 1 is 1.37 bits per heavy atom. The summed E-state index contributed by atoms with van der Waals surface area (Å²) in [6, 6.07) is -0.0328. The lowest BCUT2D eigenvalue weighted by Gasteiger charge is -2.33. The number of hydrogen-bond acceptors (Lipinski definition) is 3. The van der Waals surface area contributed by atoms with Crippen LogP contribution < -0.4 is 10.6 Å². The number of likely N-dealkylation sites (tertiary alicyclic amines) is 1. The summed E-state index contributed by atoms with van der Waals surface area (Å²) < 4.78 is 0. The summed E-state index contributed by atoms with van der Waals surface area (Å²) in [6.45, 7) is 7.72. The molecular weight excluding hydrogens is 242 g/mol. The van der Waals surface area contributed by atoms with E-state index in [1.165, 1.54) is 0 Å². The predicted molar refractivity (Wildman–Crippen MR) is 73.6 cm³/mol. The summed E-state index contributed by atoms with van der Waals surface area (Å²) in [4.78, 5) is 25.5. The average Bonchev–Trinajstić information content (AvgIpc) is 2.78. The maximum Gasteiger partial charge on any atom is 0.242 e. The first-order chi connectivity index (χ1) is 9.04. The maximum atomic E-state index is 12.0. The largest absolute Gasteiger partial charge is 0.351 e. The number of rotatable bonds is 4. The molecule has 0 aromatic rings. The van der Waals surface area contributed by atoms with Gasteiger partial charge in [-0.05, 0) is 25.2 Å². The Bertz CT molecular complexity index is 336. The van der Waals surface area contributed by atoms with Crippen molar-refractivity contribution in [3.8, 4) is 0 Å². The highest BCUT2D eigenvalue weighted by Gasteiger charge is 2.29. The van der Waals surface area contributed by atoms with Gasteiger partial charge in [-0.1, -0.05) is 13.8 Å². The summed E-state index contributed by atoms with van der Waals surface area (Å²) in [7, 11) is 0. The van der Waals surface area contributed by atoms with Gasteiger partial charge in [-0.15, -0.1) is 0 Å². The minimum atomic E-state index is -0.304. The molecule has 2 fully saturated rings. The zero-order valence-corrected chi connectivity index (χ0v) is 11.9. The van der Waals surface area contributed by atoms with Gasteiger partial charge in [-0.3, -0.25) is 9.59 Å². The van der Waals surface area contributed by atoms with Crippen molar-refractivity contribution in [1.82, 2.24) is 15.5 Å². The molecule has 5 heteroatoms. The van der Waals surface area contributed by atoms with Crippen LogP contribution in [0.4, 0.5) is 0 Å². The van der Waals surface area contributed by atoms with Crippen molar-refractivity contribution < 1.29 is 9.59 Å². The van der Waals surface area contributed by atoms with Gasteiger partial charge in [-0.25, -0.2) is 0 Å². The minimum Gasteiger partial charge on any atom is -0.351 e. The number of carbonyl (C=O) groups is 2. The van der Waals surface area contributed by atoms with Crippen LogP contribution in [0.1, 0.15) is 39.5 Å². The van der Waals surface area contributed by atoms with Crippen LogP contribution >= 0.6 is 0 Å². The van der Waals surface area contributed by atoms with Crippen molar-refractivity contribution in [2.75, 3.05) is 19.6 Å². The molecule has 2 heterocycles. The van der Waals surface area contributed by atoms with E-state index in [4.69, 9.17) is 0 Å². The maximum absolute atomic E-state index is 12.0. The third-order valence-electron chi connectivity index (χ3n) is 3.87. The van der Waals surface area contributed by atoms with Gasteiger partial charge in [0.05, 0.1) is 0 Å². The lowest BCUT2D eigenvalue weighted by atomic mass is 10.0. The van der Waals surface area contributed by atoms with Gasteiger partial charge in [0.2, 0.25) is 11.8 Å². The molecular formula is C14H25N3O2. The summed E-state index contributed by atoms with van der Waals surface area (Å²) in [6.07, 6.45) is 3.14. The molecule has 2 aliphatic rings. The Labute approximate surface area is 115 Å². The third-order valence-corrected chi connectivity index (χ3v) is 3.87. The van der Waals surface area contributed by atoms with Crippen molar-refractivity contribution in [2.45, 2.75) is 51.6 Å². The Kier molecular flexibility index (Phi) is 4.80. The monoisotopic (exact) mass is 267 g/mol. The van der Waals surface area contributed by atoms with E-state index in [2.05, 4.69) is 29.4 Å². The van der Waals surface area contributed by atoms with E-state index in [1.807, 2.05) is 0 Å². The molecule has 19 heavy (non-hydrogen) atoms. The second-order valence-electron chi connectivity index (χ2n) is 6.14. The Morgan fingerprint density at radius 2 is 2.05 bits per heavy atom. The van der Waals surface area contributed by atoms with Crippen LogP contribution in [0.5, 0.6) is 0 Å². The van der Waals surface area contributed by atoms with E-state index in [0.29, 0.717) is 18.8 Å². The standard InChI is InChI=1S/C14H25N3O2/c1-10(2)9-17-7-5-11(6-8-17)15-14(19)12-3-4-13(18)16-12/h10-12H,3-9H2,1-2H3,(H,15,19)(H,16,18)/t12-/m1/s1. The molecule has 5 nitrogen and oxygen atoms in total. The highest BCUT2D eigenvalue weighted by molar-refractivity contribution is 5.90. The second-order valence-corrected chi connectivity index (χ2v) is 6.14. The van der Waals surface area contributed by atoms with Crippen molar-refractivity contribution in [1.29, 1.82) is 0 Å². The molecule has 2 aliphatic heterocycles. The zero-order chi connectivity index (χ0) is 13.8. The molecule has 1 atom stereocenters. The van der Waals surface area contributed by atoms with Crippen molar-refractivity contribution in [3.63, 3.8) is 0 Å². The van der Waals surface area contributed by atoms with Crippen LogP contribution in [0.15, 0.2) is 0 Å². The lowest BCUT2D eigenvalue weighted by Crippen LogP contribution is -2.50. The highest BCUT2D eigenvalue weighted by Crippen LogP contribution is 2.13. The van der Waals surface area contributed by atoms with E-state index in [-0.39, 0.29) is 23.9 Å². The number of nitrogens with zero attached hydrogens (tertiary/aromatic N) is 1. The number of nitrogens with one attached hydrogen (secondary N) is 2. The molecule has 0 bridgehead atoms. The normalized spacial score (nSPS) is 25.6. The van der Waals surface area contributed by atoms with Crippen molar-refractivity contribution in [3.05, 3.63) is 0 Å². The van der Waals surface area contributed by atoms with Crippen LogP contribution in [-0.4, -0.2) is 48.4 Å². The molecule has 2 saturated heterocycles. The smallest absolute Gasteiger partial charge is 0.242 e. The van der Waals surface area contributed by atoms with Crippen molar-refractivity contribution in [2.24, 2.45) is 5.92 Å². The molecule has 0 aromatic heterocycles. The first-order valence-corrected chi connectivity index (χ1v) is 7.36. The van der Waals surface area contributed by atoms with Gasteiger partial charge in [0.1, 0.15) is 6.04 Å². The van der Waals surface area contributed by atoms with E-state index in [9.17, 15) is 9.59 Å². The van der Waals surface area contributed by atoms with E-state index < -0.39 is 0 Å². The van der Waals surface area contributed by atoms with Crippen LogP contribution in [0, 0.1) is 5.92 Å². The first kappa shape index (κ1) is 14.3. The molecule has 108 valence electrons. The van der Waals surface area contributed by atoms with Crippen LogP contribution in [-0.2, 0) is 9.59 Å². The molecule has 0 radical (unpaired) electrons. The highest BCUT2D eigenvalue weighted by atomic mass is 16.2. The molecule has 0 saturated carbocycles. The third kappa shape index (κ3) is 4.20. The van der Waals surface area contributed by atoms with Gasteiger partial charge >= 0.3 is 0 Å². The summed E-state index contributed by atoms with van der Waals surface area (Å²) in [5.74, 6) is 0.680. The van der Waals surface area contributed by atoms with E-state index >= 15 is 0 Å². The molecule has 2 rings (SSSR count). The SMILES string of the molecule is CC(C)CN1CCC(NC(=O)[C@H]2CCC(=O)N2)CC1. The lowest BCUT2D eigenvalue weighted by molar-refractivity contribution is -0.126. The Hall–Kier alpha value is -1.10. The summed E-state index contributed by atoms with van der Waals surface area (Å²) >= 11 is 0. The predicted octanol–water partition coefficient (Wildman–Crippen LogP) is 0.502. The summed E-state index contributed by atoms with van der Waals surface area (Å²) in [5.41, 5.74) is 0. The molecule has 0 aromatic carbocycles. The number of piperidine rings is 1. The van der Waals surface area contributed by atoms with E-state index in [1.54, 1.807) is 0 Å². The zero-order valence-electron chi connectivity index (χ0n) is 11.9. The number of carbonyl (C=O) groups excluding carboxylic acids is 2. The fourth-order valence-electron chi connectivity index (χ4n) is 2.89. The molecule has 0 spiro atoms. The first-order valence-electron chi connectivity index (χ1n) is 7.36. The van der Waals surface area contributed by atoms with Gasteiger partial charge in [0.15, 0.2) is 0 Å². The van der Waals surface area contributed by atoms with Gasteiger partial charge < -0.3 is 15.5 Å². The van der Waals surface area contributed by atoms with Crippen LogP contribution in [0.25, 0.3) is 0 Å². The van der Waals surface area contributed by atoms with Gasteiger partial charge in [-0.2, -0.15) is 0 Å². The van der Waals surface area contributed by atoms with Crippen molar-refractivity contribution >= 4 is 11.8 Å². The number of hydrogen-bond donors (Lipinski definition) is 2. The fraction of sp³-hybridized carbons (Fsp3) is 0.857. The molecule has 0 unspecified atom stereocenters. The molecule has 2 amide bonds. The van der Waals surface area contributed by atoms with Crippen LogP contribution in [0.2, 0.25) is 0 Å². The Morgan fingerprint density at radius 3 is 2.58 bits per heavy atom. The molecule has 0 aliphatic carbocycles. The molecule has 2 N–H and O–H groups in total. The minimum absolute atomic E-state index is 0.00633. The van der Waals surface area contributed by atoms with Gasteiger partial charge in [0, 0.05) is 32.1 Å². The number of amides is 2.